The second kappa shape index (κ2) is 8.53. The molecule has 0 aromatic heterocycles. The number of nitrogens with one attached hydrogen (secondary N) is 2. The Morgan fingerprint density at radius 2 is 2.19 bits per heavy atom. The van der Waals surface area contributed by atoms with E-state index < -0.39 is 0 Å². The molecular formula is C12H24N2O2. The number of carbonyl (C=O) groups excluding carboxylic acids is 1. The Balaban J connectivity index is 1.96. The van der Waals surface area contributed by atoms with Gasteiger partial charge in [0.2, 0.25) is 5.91 Å². The molecule has 1 heterocycles. The summed E-state index contributed by atoms with van der Waals surface area (Å²) in [5, 5.41) is 6.33. The average Bonchev–Trinajstić information content (AvgIpc) is 2.33. The number of hydrogen-bond acceptors (Lipinski definition) is 3. The molecule has 0 aromatic carbocycles. The van der Waals surface area contributed by atoms with Crippen molar-refractivity contribution in [3.8, 4) is 0 Å². The lowest BCUT2D eigenvalue weighted by Crippen LogP contribution is -2.35. The highest BCUT2D eigenvalue weighted by Gasteiger charge is 2.13. The highest BCUT2D eigenvalue weighted by atomic mass is 16.5. The first-order valence-corrected chi connectivity index (χ1v) is 6.38. The minimum absolute atomic E-state index is 0.165. The van der Waals surface area contributed by atoms with Crippen LogP contribution in [0.2, 0.25) is 0 Å². The van der Waals surface area contributed by atoms with E-state index in [0.717, 1.165) is 32.7 Å². The summed E-state index contributed by atoms with van der Waals surface area (Å²) < 4.78 is 5.19. The van der Waals surface area contributed by atoms with Gasteiger partial charge in [-0.05, 0) is 45.2 Å². The molecule has 0 bridgehead atoms. The van der Waals surface area contributed by atoms with Crippen molar-refractivity contribution in [1.82, 2.24) is 10.6 Å². The second-order valence-corrected chi connectivity index (χ2v) is 4.30. The molecule has 1 fully saturated rings. The van der Waals surface area contributed by atoms with Gasteiger partial charge in [0.25, 0.3) is 0 Å². The van der Waals surface area contributed by atoms with Crippen molar-refractivity contribution in [2.75, 3.05) is 32.8 Å². The van der Waals surface area contributed by atoms with Crippen molar-refractivity contribution in [2.24, 2.45) is 5.92 Å². The van der Waals surface area contributed by atoms with Crippen molar-refractivity contribution in [3.63, 3.8) is 0 Å². The van der Waals surface area contributed by atoms with Crippen LogP contribution in [-0.2, 0) is 9.53 Å². The Hall–Kier alpha value is -0.610. The van der Waals surface area contributed by atoms with E-state index in [0.29, 0.717) is 18.9 Å². The molecule has 0 aliphatic carbocycles. The van der Waals surface area contributed by atoms with Crippen molar-refractivity contribution in [2.45, 2.75) is 32.6 Å². The first kappa shape index (κ1) is 13.5. The first-order chi connectivity index (χ1) is 7.83. The van der Waals surface area contributed by atoms with Crippen LogP contribution in [0.25, 0.3) is 0 Å². The quantitative estimate of drug-likeness (QED) is 0.637. The summed E-state index contributed by atoms with van der Waals surface area (Å²) in [6.45, 7) is 6.41. The Labute approximate surface area is 98.1 Å². The molecule has 2 N–H and O–H groups in total. The van der Waals surface area contributed by atoms with Crippen LogP contribution in [0.15, 0.2) is 0 Å². The fourth-order valence-electron chi connectivity index (χ4n) is 1.91. The normalized spacial score (nSPS) is 17.3. The molecule has 0 saturated carbocycles. The maximum atomic E-state index is 11.5. The van der Waals surface area contributed by atoms with Gasteiger partial charge in [0.1, 0.15) is 0 Å². The third-order valence-corrected chi connectivity index (χ3v) is 2.94. The number of piperidine rings is 1. The summed E-state index contributed by atoms with van der Waals surface area (Å²) in [5.74, 6) is 0.829. The summed E-state index contributed by atoms with van der Waals surface area (Å²) >= 11 is 0. The molecule has 1 amide bonds. The van der Waals surface area contributed by atoms with Gasteiger partial charge in [-0.3, -0.25) is 4.79 Å². The summed E-state index contributed by atoms with van der Waals surface area (Å²) in [5.41, 5.74) is 0. The number of ether oxygens (including phenoxy) is 1. The zero-order valence-corrected chi connectivity index (χ0v) is 10.3. The SMILES string of the molecule is CCOCCCC(=O)NCC1CCNCC1. The molecule has 1 aliphatic rings. The van der Waals surface area contributed by atoms with E-state index in [1.165, 1.54) is 12.8 Å². The number of hydrogen-bond donors (Lipinski definition) is 2. The lowest BCUT2D eigenvalue weighted by molar-refractivity contribution is -0.121. The molecule has 0 radical (unpaired) electrons. The van der Waals surface area contributed by atoms with Gasteiger partial charge in [-0.1, -0.05) is 0 Å². The molecule has 0 atom stereocenters. The first-order valence-electron chi connectivity index (χ1n) is 6.38. The predicted molar refractivity (Wildman–Crippen MR) is 64.3 cm³/mol. The van der Waals surface area contributed by atoms with E-state index in [1.807, 2.05) is 6.92 Å². The van der Waals surface area contributed by atoms with Gasteiger partial charge in [-0.15, -0.1) is 0 Å². The summed E-state index contributed by atoms with van der Waals surface area (Å²) in [6, 6.07) is 0. The summed E-state index contributed by atoms with van der Waals surface area (Å²) in [4.78, 5) is 11.5. The van der Waals surface area contributed by atoms with Crippen molar-refractivity contribution in [1.29, 1.82) is 0 Å². The van der Waals surface area contributed by atoms with Gasteiger partial charge >= 0.3 is 0 Å². The van der Waals surface area contributed by atoms with Crippen LogP contribution in [-0.4, -0.2) is 38.8 Å². The topological polar surface area (TPSA) is 50.4 Å². The predicted octanol–water partition coefficient (Wildman–Crippen LogP) is 0.919. The highest BCUT2D eigenvalue weighted by molar-refractivity contribution is 5.75. The van der Waals surface area contributed by atoms with Crippen LogP contribution in [0.3, 0.4) is 0 Å². The van der Waals surface area contributed by atoms with Gasteiger partial charge in [-0.2, -0.15) is 0 Å². The van der Waals surface area contributed by atoms with Crippen LogP contribution in [0.5, 0.6) is 0 Å². The van der Waals surface area contributed by atoms with Crippen LogP contribution >= 0.6 is 0 Å². The van der Waals surface area contributed by atoms with E-state index in [9.17, 15) is 4.79 Å². The van der Waals surface area contributed by atoms with Gasteiger partial charge in [0.05, 0.1) is 0 Å². The van der Waals surface area contributed by atoms with Gasteiger partial charge in [0, 0.05) is 26.2 Å². The zero-order chi connectivity index (χ0) is 11.6. The third kappa shape index (κ3) is 6.08. The van der Waals surface area contributed by atoms with Crippen molar-refractivity contribution in [3.05, 3.63) is 0 Å². The van der Waals surface area contributed by atoms with Crippen LogP contribution in [0.4, 0.5) is 0 Å². The minimum atomic E-state index is 0.165. The van der Waals surface area contributed by atoms with E-state index >= 15 is 0 Å². The third-order valence-electron chi connectivity index (χ3n) is 2.94. The maximum absolute atomic E-state index is 11.5. The van der Waals surface area contributed by atoms with E-state index in [2.05, 4.69) is 10.6 Å². The Morgan fingerprint density at radius 1 is 1.44 bits per heavy atom. The van der Waals surface area contributed by atoms with Crippen LogP contribution in [0.1, 0.15) is 32.6 Å². The molecule has 16 heavy (non-hydrogen) atoms. The molecular weight excluding hydrogens is 204 g/mol. The van der Waals surface area contributed by atoms with Crippen molar-refractivity contribution < 1.29 is 9.53 Å². The molecule has 4 nitrogen and oxygen atoms in total. The summed E-state index contributed by atoms with van der Waals surface area (Å²) in [6.07, 6.45) is 3.77. The van der Waals surface area contributed by atoms with Gasteiger partial charge in [0.15, 0.2) is 0 Å². The molecule has 1 saturated heterocycles. The number of rotatable bonds is 7. The maximum Gasteiger partial charge on any atom is 0.220 e. The number of carbonyl (C=O) groups is 1. The molecule has 0 spiro atoms. The number of amides is 1. The smallest absolute Gasteiger partial charge is 0.220 e. The minimum Gasteiger partial charge on any atom is -0.382 e. The average molecular weight is 228 g/mol. The Bertz CT molecular complexity index is 191. The summed E-state index contributed by atoms with van der Waals surface area (Å²) in [7, 11) is 0. The molecule has 0 unspecified atom stereocenters. The fraction of sp³-hybridized carbons (Fsp3) is 0.917. The molecule has 0 aromatic rings. The second-order valence-electron chi connectivity index (χ2n) is 4.30. The molecule has 94 valence electrons. The lowest BCUT2D eigenvalue weighted by Gasteiger charge is -2.22. The fourth-order valence-corrected chi connectivity index (χ4v) is 1.91. The van der Waals surface area contributed by atoms with Gasteiger partial charge in [-0.25, -0.2) is 0 Å². The molecule has 1 aliphatic heterocycles. The zero-order valence-electron chi connectivity index (χ0n) is 10.3. The van der Waals surface area contributed by atoms with Crippen LogP contribution < -0.4 is 10.6 Å². The van der Waals surface area contributed by atoms with E-state index in [1.54, 1.807) is 0 Å². The van der Waals surface area contributed by atoms with Crippen molar-refractivity contribution >= 4 is 5.91 Å². The highest BCUT2D eigenvalue weighted by Crippen LogP contribution is 2.09. The molecule has 4 heteroatoms. The van der Waals surface area contributed by atoms with Gasteiger partial charge < -0.3 is 15.4 Å². The largest absolute Gasteiger partial charge is 0.382 e. The standard InChI is InChI=1S/C12H24N2O2/c1-2-16-9-3-4-12(15)14-10-11-5-7-13-8-6-11/h11,13H,2-10H2,1H3,(H,14,15). The molecule has 1 rings (SSSR count). The Kier molecular flexibility index (Phi) is 7.17. The Morgan fingerprint density at radius 3 is 2.88 bits per heavy atom. The van der Waals surface area contributed by atoms with E-state index in [-0.39, 0.29) is 5.91 Å². The van der Waals surface area contributed by atoms with E-state index in [4.69, 9.17) is 4.74 Å². The lowest BCUT2D eigenvalue weighted by atomic mass is 9.98. The monoisotopic (exact) mass is 228 g/mol. The van der Waals surface area contributed by atoms with Crippen LogP contribution in [0, 0.1) is 5.92 Å².